The Morgan fingerprint density at radius 2 is 1.93 bits per heavy atom. The molecule has 1 N–H and O–H groups in total. The lowest BCUT2D eigenvalue weighted by molar-refractivity contribution is -0.124. The van der Waals surface area contributed by atoms with Crippen LogP contribution in [0.5, 0.6) is 0 Å². The molecule has 6 rings (SSSR count). The molecule has 4 bridgehead atoms. The first-order valence-corrected chi connectivity index (χ1v) is 11.4. The summed E-state index contributed by atoms with van der Waals surface area (Å²) < 4.78 is 7.54. The third-order valence-electron chi connectivity index (χ3n) is 6.70. The van der Waals surface area contributed by atoms with E-state index in [0.29, 0.717) is 17.3 Å². The molecule has 0 unspecified atom stereocenters. The Labute approximate surface area is 169 Å². The van der Waals surface area contributed by atoms with E-state index in [1.54, 1.807) is 6.26 Å². The van der Waals surface area contributed by atoms with Gasteiger partial charge < -0.3 is 9.73 Å². The summed E-state index contributed by atoms with van der Waals surface area (Å²) in [5.74, 6) is 4.42. The fraction of sp³-hybridized carbons (Fsp3) is 0.667. The second kappa shape index (κ2) is 6.94. The number of rotatable bonds is 6. The molecule has 150 valence electrons. The van der Waals surface area contributed by atoms with Crippen molar-refractivity contribution in [1.29, 1.82) is 0 Å². The predicted octanol–water partition coefficient (Wildman–Crippen LogP) is 4.30. The number of carbonyl (C=O) groups is 1. The first kappa shape index (κ1) is 18.3. The van der Waals surface area contributed by atoms with Gasteiger partial charge in [0.1, 0.15) is 0 Å². The van der Waals surface area contributed by atoms with Crippen LogP contribution in [0.25, 0.3) is 11.6 Å². The maximum Gasteiger partial charge on any atom is 0.230 e. The first-order valence-electron chi connectivity index (χ1n) is 10.4. The summed E-state index contributed by atoms with van der Waals surface area (Å²) in [6.07, 6.45) is 9.34. The number of thioether (sulfide) groups is 1. The fourth-order valence-electron chi connectivity index (χ4n) is 6.14. The predicted molar refractivity (Wildman–Crippen MR) is 108 cm³/mol. The van der Waals surface area contributed by atoms with Crippen molar-refractivity contribution < 1.29 is 9.21 Å². The van der Waals surface area contributed by atoms with Gasteiger partial charge in [-0.1, -0.05) is 11.8 Å². The number of hydrogen-bond acceptors (Lipinski definition) is 5. The largest absolute Gasteiger partial charge is 0.461 e. The Kier molecular flexibility index (Phi) is 4.53. The Balaban J connectivity index is 1.26. The quantitative estimate of drug-likeness (QED) is 0.732. The van der Waals surface area contributed by atoms with Crippen LogP contribution in [0, 0.1) is 17.8 Å². The number of aromatic nitrogens is 3. The van der Waals surface area contributed by atoms with Crippen molar-refractivity contribution >= 4 is 17.7 Å². The Bertz CT molecular complexity index is 823. The molecule has 0 aromatic carbocycles. The molecule has 0 aliphatic heterocycles. The van der Waals surface area contributed by atoms with Crippen molar-refractivity contribution in [3.63, 3.8) is 0 Å². The maximum atomic E-state index is 12.8. The van der Waals surface area contributed by atoms with E-state index in [0.717, 1.165) is 22.9 Å². The lowest BCUT2D eigenvalue weighted by atomic mass is 9.53. The minimum Gasteiger partial charge on any atom is -0.461 e. The number of amides is 1. The second-order valence-electron chi connectivity index (χ2n) is 9.28. The van der Waals surface area contributed by atoms with Gasteiger partial charge in [0.25, 0.3) is 0 Å². The summed E-state index contributed by atoms with van der Waals surface area (Å²) in [5, 5.41) is 12.8. The zero-order valence-corrected chi connectivity index (χ0v) is 17.4. The van der Waals surface area contributed by atoms with Crippen molar-refractivity contribution in [2.24, 2.45) is 17.8 Å². The summed E-state index contributed by atoms with van der Waals surface area (Å²) >= 11 is 1.47. The average molecular weight is 401 g/mol. The van der Waals surface area contributed by atoms with Crippen LogP contribution in [0.3, 0.4) is 0 Å². The van der Waals surface area contributed by atoms with Crippen molar-refractivity contribution in [3.05, 3.63) is 18.4 Å². The standard InChI is InChI=1S/C21H28N4O2S/c1-13(2)25-19(17-4-3-5-27-17)23-24-20(25)28-12-18(26)22-21-9-14-6-15(10-21)8-16(7-14)11-21/h3-5,13-16H,6-12H2,1-2H3,(H,22,26). The molecule has 7 heteroatoms. The van der Waals surface area contributed by atoms with Gasteiger partial charge in [-0.05, 0) is 82.3 Å². The smallest absolute Gasteiger partial charge is 0.230 e. The highest BCUT2D eigenvalue weighted by Gasteiger charge is 2.51. The van der Waals surface area contributed by atoms with Crippen molar-refractivity contribution in [2.75, 3.05) is 5.75 Å². The topological polar surface area (TPSA) is 73.0 Å². The fourth-order valence-corrected chi connectivity index (χ4v) is 7.01. The van der Waals surface area contributed by atoms with Gasteiger partial charge in [-0.15, -0.1) is 10.2 Å². The zero-order chi connectivity index (χ0) is 19.3. The van der Waals surface area contributed by atoms with Crippen LogP contribution in [-0.4, -0.2) is 32.0 Å². The molecular formula is C21H28N4O2S. The number of nitrogens with zero attached hydrogens (tertiary/aromatic N) is 3. The highest BCUT2D eigenvalue weighted by molar-refractivity contribution is 7.99. The van der Waals surface area contributed by atoms with Gasteiger partial charge in [-0.3, -0.25) is 9.36 Å². The van der Waals surface area contributed by atoms with Gasteiger partial charge in [0, 0.05) is 11.6 Å². The summed E-state index contributed by atoms with van der Waals surface area (Å²) in [5.41, 5.74) is 0.0669. The maximum absolute atomic E-state index is 12.8. The lowest BCUT2D eigenvalue weighted by Crippen LogP contribution is -2.60. The molecule has 0 saturated heterocycles. The van der Waals surface area contributed by atoms with Gasteiger partial charge >= 0.3 is 0 Å². The third-order valence-corrected chi connectivity index (χ3v) is 7.64. The van der Waals surface area contributed by atoms with Crippen LogP contribution < -0.4 is 5.32 Å². The number of hydrogen-bond donors (Lipinski definition) is 1. The van der Waals surface area contributed by atoms with Crippen molar-refractivity contribution in [3.8, 4) is 11.6 Å². The number of carbonyl (C=O) groups excluding carboxylic acids is 1. The molecule has 28 heavy (non-hydrogen) atoms. The van der Waals surface area contributed by atoms with Crippen LogP contribution in [0.2, 0.25) is 0 Å². The van der Waals surface area contributed by atoms with Crippen LogP contribution in [-0.2, 0) is 4.79 Å². The van der Waals surface area contributed by atoms with Gasteiger partial charge in [0.15, 0.2) is 10.9 Å². The molecule has 0 atom stereocenters. The highest BCUT2D eigenvalue weighted by atomic mass is 32.2. The SMILES string of the molecule is CC(C)n1c(SCC(=O)NC23CC4CC(CC(C4)C2)C3)nnc1-c1ccco1. The molecule has 1 amide bonds. The molecule has 0 radical (unpaired) electrons. The Hall–Kier alpha value is -1.76. The average Bonchev–Trinajstić information content (AvgIpc) is 3.27. The monoisotopic (exact) mass is 400 g/mol. The zero-order valence-electron chi connectivity index (χ0n) is 16.6. The first-order chi connectivity index (χ1) is 13.5. The number of furan rings is 1. The summed E-state index contributed by atoms with van der Waals surface area (Å²) in [7, 11) is 0. The van der Waals surface area contributed by atoms with E-state index in [9.17, 15) is 4.79 Å². The van der Waals surface area contributed by atoms with Crippen LogP contribution in [0.4, 0.5) is 0 Å². The van der Waals surface area contributed by atoms with Gasteiger partial charge in [-0.2, -0.15) is 0 Å². The Morgan fingerprint density at radius 1 is 1.25 bits per heavy atom. The minimum atomic E-state index is 0.0669. The molecule has 6 nitrogen and oxygen atoms in total. The second-order valence-corrected chi connectivity index (χ2v) is 10.2. The number of nitrogens with one attached hydrogen (secondary N) is 1. The molecule has 0 spiro atoms. The molecule has 4 aliphatic carbocycles. The van der Waals surface area contributed by atoms with E-state index in [4.69, 9.17) is 4.42 Å². The van der Waals surface area contributed by atoms with Gasteiger partial charge in [0.2, 0.25) is 11.7 Å². The molecule has 2 heterocycles. The lowest BCUT2D eigenvalue weighted by Gasteiger charge is -2.56. The molecule has 2 aromatic heterocycles. The van der Waals surface area contributed by atoms with Crippen LogP contribution >= 0.6 is 11.8 Å². The van der Waals surface area contributed by atoms with E-state index < -0.39 is 0 Å². The van der Waals surface area contributed by atoms with Crippen molar-refractivity contribution in [1.82, 2.24) is 20.1 Å². The van der Waals surface area contributed by atoms with E-state index in [2.05, 4.69) is 29.4 Å². The molecule has 4 saturated carbocycles. The van der Waals surface area contributed by atoms with E-state index >= 15 is 0 Å². The van der Waals surface area contributed by atoms with Crippen LogP contribution in [0.15, 0.2) is 28.0 Å². The van der Waals surface area contributed by atoms with Gasteiger partial charge in [-0.25, -0.2) is 0 Å². The van der Waals surface area contributed by atoms with E-state index in [1.165, 1.54) is 50.3 Å². The molecule has 2 aromatic rings. The summed E-state index contributed by atoms with van der Waals surface area (Å²) in [6, 6.07) is 3.92. The normalized spacial score (nSPS) is 30.9. The van der Waals surface area contributed by atoms with E-state index in [1.807, 2.05) is 16.7 Å². The van der Waals surface area contributed by atoms with E-state index in [-0.39, 0.29) is 17.5 Å². The summed E-state index contributed by atoms with van der Waals surface area (Å²) in [6.45, 7) is 4.19. The molecule has 4 fully saturated rings. The van der Waals surface area contributed by atoms with Crippen molar-refractivity contribution in [2.45, 2.75) is 69.1 Å². The van der Waals surface area contributed by atoms with Gasteiger partial charge in [0.05, 0.1) is 12.0 Å². The Morgan fingerprint density at radius 3 is 2.50 bits per heavy atom. The molecule has 4 aliphatic rings. The molecular weight excluding hydrogens is 372 g/mol. The van der Waals surface area contributed by atoms with Crippen LogP contribution in [0.1, 0.15) is 58.4 Å². The minimum absolute atomic E-state index is 0.0669. The highest BCUT2D eigenvalue weighted by Crippen LogP contribution is 2.55. The third kappa shape index (κ3) is 3.27. The summed E-state index contributed by atoms with van der Waals surface area (Å²) in [4.78, 5) is 12.8.